The number of halogens is 2. The van der Waals surface area contributed by atoms with E-state index in [-0.39, 0.29) is 12.4 Å². The fourth-order valence-electron chi connectivity index (χ4n) is 2.23. The lowest BCUT2D eigenvalue weighted by Crippen LogP contribution is -2.33. The fourth-order valence-corrected chi connectivity index (χ4v) is 2.69. The minimum absolute atomic E-state index is 0.105. The van der Waals surface area contributed by atoms with Crippen LogP contribution in [0.1, 0.15) is 17.4 Å². The fraction of sp³-hybridized carbons (Fsp3) is 0.294. The van der Waals surface area contributed by atoms with Crippen molar-refractivity contribution in [1.82, 2.24) is 0 Å². The maximum absolute atomic E-state index is 6.12. The summed E-state index contributed by atoms with van der Waals surface area (Å²) in [4.78, 5) is 0. The topological polar surface area (TPSA) is 27.7 Å². The third-order valence-corrected chi connectivity index (χ3v) is 4.02. The molecule has 1 fully saturated rings. The zero-order valence-corrected chi connectivity index (χ0v) is 13.4. The molecule has 0 atom stereocenters. The first-order valence-corrected chi connectivity index (χ1v) is 7.81. The van der Waals surface area contributed by atoms with Gasteiger partial charge in [-0.1, -0.05) is 59.6 Å². The van der Waals surface area contributed by atoms with Crippen LogP contribution < -0.4 is 0 Å². The van der Waals surface area contributed by atoms with Crippen molar-refractivity contribution < 1.29 is 14.2 Å². The second-order valence-corrected chi connectivity index (χ2v) is 5.92. The van der Waals surface area contributed by atoms with Crippen LogP contribution in [0, 0.1) is 0 Å². The molecular weight excluding hydrogens is 323 g/mol. The molecule has 3 rings (SSSR count). The van der Waals surface area contributed by atoms with Gasteiger partial charge in [0.15, 0.2) is 6.29 Å². The Morgan fingerprint density at radius 3 is 2.41 bits per heavy atom. The summed E-state index contributed by atoms with van der Waals surface area (Å²) in [6.07, 6.45) is -0.424. The van der Waals surface area contributed by atoms with Gasteiger partial charge in [-0.05, 0) is 17.7 Å². The van der Waals surface area contributed by atoms with Gasteiger partial charge in [0.2, 0.25) is 0 Å². The summed E-state index contributed by atoms with van der Waals surface area (Å²) in [6, 6.07) is 15.2. The number of hydrogen-bond donors (Lipinski definition) is 0. The molecule has 0 saturated carbocycles. The smallest absolute Gasteiger partial charge is 0.184 e. The van der Waals surface area contributed by atoms with E-state index in [2.05, 4.69) is 0 Å². The van der Waals surface area contributed by atoms with E-state index in [1.54, 1.807) is 12.1 Å². The van der Waals surface area contributed by atoms with E-state index >= 15 is 0 Å². The predicted molar refractivity (Wildman–Crippen MR) is 86.1 cm³/mol. The first-order valence-electron chi connectivity index (χ1n) is 7.06. The third-order valence-electron chi connectivity index (χ3n) is 3.43. The van der Waals surface area contributed by atoms with Gasteiger partial charge in [-0.3, -0.25) is 0 Å². The van der Waals surface area contributed by atoms with Gasteiger partial charge in [-0.25, -0.2) is 0 Å². The Labute approximate surface area is 139 Å². The quantitative estimate of drug-likeness (QED) is 0.813. The molecule has 2 aromatic rings. The Kier molecular flexibility index (Phi) is 5.34. The minimum Gasteiger partial charge on any atom is -0.369 e. The average Bonchev–Trinajstić information content (AvgIpc) is 2.55. The summed E-state index contributed by atoms with van der Waals surface area (Å²) < 4.78 is 17.2. The molecule has 0 aromatic heterocycles. The minimum atomic E-state index is -0.319. The molecule has 0 N–H and O–H groups in total. The van der Waals surface area contributed by atoms with Crippen LogP contribution in [0.2, 0.25) is 10.0 Å². The van der Waals surface area contributed by atoms with Crippen LogP contribution in [-0.4, -0.2) is 19.3 Å². The standard InChI is InChI=1S/C17H16Cl2O3/c18-14-7-6-13(16(19)8-14)9-20-15-10-21-17(22-11-15)12-4-2-1-3-5-12/h1-8,15,17H,9-11H2. The summed E-state index contributed by atoms with van der Waals surface area (Å²) in [5.74, 6) is 0. The second-order valence-electron chi connectivity index (χ2n) is 5.08. The van der Waals surface area contributed by atoms with E-state index in [9.17, 15) is 0 Å². The lowest BCUT2D eigenvalue weighted by atomic mass is 10.2. The maximum Gasteiger partial charge on any atom is 0.184 e. The molecule has 0 unspecified atom stereocenters. The van der Waals surface area contributed by atoms with Crippen molar-refractivity contribution in [3.05, 3.63) is 69.7 Å². The van der Waals surface area contributed by atoms with Gasteiger partial charge in [-0.15, -0.1) is 0 Å². The van der Waals surface area contributed by atoms with Crippen LogP contribution in [0.3, 0.4) is 0 Å². The van der Waals surface area contributed by atoms with Crippen LogP contribution in [0.5, 0.6) is 0 Å². The van der Waals surface area contributed by atoms with Crippen molar-refractivity contribution in [1.29, 1.82) is 0 Å². The van der Waals surface area contributed by atoms with E-state index < -0.39 is 0 Å². The molecular formula is C17H16Cl2O3. The first kappa shape index (κ1) is 15.8. The van der Waals surface area contributed by atoms with Crippen molar-refractivity contribution in [3.8, 4) is 0 Å². The zero-order valence-electron chi connectivity index (χ0n) is 11.9. The summed E-state index contributed by atoms with van der Waals surface area (Å²) >= 11 is 12.0. The Balaban J connectivity index is 1.50. The molecule has 1 aliphatic heterocycles. The number of ether oxygens (including phenoxy) is 3. The molecule has 1 saturated heterocycles. The molecule has 2 aromatic carbocycles. The number of hydrogen-bond acceptors (Lipinski definition) is 3. The Morgan fingerprint density at radius 1 is 1.00 bits per heavy atom. The Bertz CT molecular complexity index is 611. The molecule has 22 heavy (non-hydrogen) atoms. The summed E-state index contributed by atoms with van der Waals surface area (Å²) in [6.45, 7) is 1.39. The largest absolute Gasteiger partial charge is 0.369 e. The summed E-state index contributed by atoms with van der Waals surface area (Å²) in [7, 11) is 0. The Morgan fingerprint density at radius 2 is 1.73 bits per heavy atom. The SMILES string of the molecule is Clc1ccc(COC2COC(c3ccccc3)OC2)c(Cl)c1. The second kappa shape index (κ2) is 7.44. The van der Waals surface area contributed by atoms with E-state index in [1.165, 1.54) is 0 Å². The molecule has 0 bridgehead atoms. The predicted octanol–water partition coefficient (Wildman–Crippen LogP) is 4.62. The average molecular weight is 339 g/mol. The highest BCUT2D eigenvalue weighted by Crippen LogP contribution is 2.25. The van der Waals surface area contributed by atoms with Crippen LogP contribution in [0.4, 0.5) is 0 Å². The highest BCUT2D eigenvalue weighted by molar-refractivity contribution is 6.35. The normalized spacial score (nSPS) is 21.7. The number of rotatable bonds is 4. The van der Waals surface area contributed by atoms with Crippen LogP contribution >= 0.6 is 23.2 Å². The molecule has 5 heteroatoms. The van der Waals surface area contributed by atoms with E-state index in [0.29, 0.717) is 29.9 Å². The third kappa shape index (κ3) is 4.00. The van der Waals surface area contributed by atoms with Gasteiger partial charge < -0.3 is 14.2 Å². The van der Waals surface area contributed by atoms with E-state index in [1.807, 2.05) is 36.4 Å². The molecule has 0 amide bonds. The van der Waals surface area contributed by atoms with Crippen molar-refractivity contribution in [2.45, 2.75) is 19.0 Å². The van der Waals surface area contributed by atoms with Gasteiger partial charge in [-0.2, -0.15) is 0 Å². The van der Waals surface area contributed by atoms with Gasteiger partial charge in [0.05, 0.1) is 19.8 Å². The molecule has 0 spiro atoms. The monoisotopic (exact) mass is 338 g/mol. The van der Waals surface area contributed by atoms with Gasteiger partial charge in [0.1, 0.15) is 6.10 Å². The van der Waals surface area contributed by atoms with Gasteiger partial charge in [0, 0.05) is 15.6 Å². The van der Waals surface area contributed by atoms with Crippen molar-refractivity contribution in [3.63, 3.8) is 0 Å². The lowest BCUT2D eigenvalue weighted by Gasteiger charge is -2.29. The zero-order chi connectivity index (χ0) is 15.4. The molecule has 0 aliphatic carbocycles. The molecule has 0 radical (unpaired) electrons. The van der Waals surface area contributed by atoms with E-state index in [0.717, 1.165) is 11.1 Å². The first-order chi connectivity index (χ1) is 10.7. The molecule has 3 nitrogen and oxygen atoms in total. The van der Waals surface area contributed by atoms with Crippen LogP contribution in [0.15, 0.2) is 48.5 Å². The van der Waals surface area contributed by atoms with Gasteiger partial charge >= 0.3 is 0 Å². The highest BCUT2D eigenvalue weighted by atomic mass is 35.5. The Hall–Kier alpha value is -1.10. The summed E-state index contributed by atoms with van der Waals surface area (Å²) in [5, 5.41) is 1.22. The lowest BCUT2D eigenvalue weighted by molar-refractivity contribution is -0.232. The van der Waals surface area contributed by atoms with E-state index in [4.69, 9.17) is 37.4 Å². The van der Waals surface area contributed by atoms with Crippen LogP contribution in [-0.2, 0) is 20.8 Å². The van der Waals surface area contributed by atoms with Crippen molar-refractivity contribution >= 4 is 23.2 Å². The molecule has 1 heterocycles. The molecule has 116 valence electrons. The maximum atomic E-state index is 6.12. The van der Waals surface area contributed by atoms with Gasteiger partial charge in [0.25, 0.3) is 0 Å². The summed E-state index contributed by atoms with van der Waals surface area (Å²) in [5.41, 5.74) is 1.91. The highest BCUT2D eigenvalue weighted by Gasteiger charge is 2.24. The van der Waals surface area contributed by atoms with Crippen molar-refractivity contribution in [2.24, 2.45) is 0 Å². The van der Waals surface area contributed by atoms with Crippen molar-refractivity contribution in [2.75, 3.05) is 13.2 Å². The van der Waals surface area contributed by atoms with Crippen LogP contribution in [0.25, 0.3) is 0 Å². The molecule has 1 aliphatic rings. The number of benzene rings is 2.